The summed E-state index contributed by atoms with van der Waals surface area (Å²) < 4.78 is 45.7. The standard InChI is InChI=1S/C22H21ClF3NO6.C19H22ClNO3/c23-16-3-1-2-15(11-16)14-6-4-13(5-7-14)10-17(27-19(29)20(30)31)12-18(28)21(32)33-9-8-22(24,25)26;1-2-24-19(23)18(22)12-17(21)10-13-6-8-14(9-7-13)15-4-3-5-16(20)11-15/h1-7,11,17-18,28H,8-10,12H2,(H,27,29)(H,30,31);3-9,11,17-18,22H,2,10,12,21H2,1H3/t2*17-,18-/m11/s1. The molecule has 0 aliphatic rings. The summed E-state index contributed by atoms with van der Waals surface area (Å²) in [5, 5.41) is 32.0. The number of benzene rings is 4. The second kappa shape index (κ2) is 22.7. The first kappa shape index (κ1) is 46.4. The fourth-order valence-electron chi connectivity index (χ4n) is 5.46. The van der Waals surface area contributed by atoms with Crippen molar-refractivity contribution >= 4 is 47.0 Å². The molecule has 0 heterocycles. The molecule has 0 radical (unpaired) electrons. The summed E-state index contributed by atoms with van der Waals surface area (Å²) in [5.74, 6) is -5.04. The number of nitrogens with two attached hydrogens (primary N) is 1. The van der Waals surface area contributed by atoms with Gasteiger partial charge in [-0.05, 0) is 83.8 Å². The van der Waals surface area contributed by atoms with Crippen LogP contribution < -0.4 is 11.1 Å². The maximum atomic E-state index is 12.2. The van der Waals surface area contributed by atoms with Crippen LogP contribution in [0.1, 0.15) is 37.3 Å². The van der Waals surface area contributed by atoms with Crippen molar-refractivity contribution in [2.75, 3.05) is 13.2 Å². The molecule has 0 aliphatic carbocycles. The van der Waals surface area contributed by atoms with E-state index in [2.05, 4.69) is 10.1 Å². The number of carbonyl (C=O) groups excluding carboxylic acids is 3. The van der Waals surface area contributed by atoms with Gasteiger partial charge in [-0.15, -0.1) is 0 Å². The van der Waals surface area contributed by atoms with E-state index >= 15 is 0 Å². The van der Waals surface area contributed by atoms with Crippen LogP contribution in [-0.4, -0.2) is 82.8 Å². The van der Waals surface area contributed by atoms with Gasteiger partial charge in [0.2, 0.25) is 0 Å². The Hall–Kier alpha value is -4.99. The third-order valence-corrected chi connectivity index (χ3v) is 8.70. The average molecular weight is 836 g/mol. The lowest BCUT2D eigenvalue weighted by Crippen LogP contribution is -2.43. The lowest BCUT2D eigenvalue weighted by molar-refractivity contribution is -0.166. The van der Waals surface area contributed by atoms with Crippen molar-refractivity contribution in [2.24, 2.45) is 5.73 Å². The minimum absolute atomic E-state index is 0.0434. The third-order valence-electron chi connectivity index (χ3n) is 8.23. The zero-order chi connectivity index (χ0) is 42.1. The summed E-state index contributed by atoms with van der Waals surface area (Å²) >= 11 is 12.0. The Morgan fingerprint density at radius 1 is 0.719 bits per heavy atom. The number of hydrogen-bond donors (Lipinski definition) is 5. The van der Waals surface area contributed by atoms with Crippen molar-refractivity contribution in [3.8, 4) is 22.3 Å². The summed E-state index contributed by atoms with van der Waals surface area (Å²) in [6.45, 7) is 0.985. The van der Waals surface area contributed by atoms with Gasteiger partial charge in [-0.25, -0.2) is 14.4 Å². The molecule has 6 N–H and O–H groups in total. The second-order valence-electron chi connectivity index (χ2n) is 12.8. The van der Waals surface area contributed by atoms with Crippen molar-refractivity contribution in [1.29, 1.82) is 0 Å². The average Bonchev–Trinajstić information content (AvgIpc) is 3.15. The Labute approximate surface area is 337 Å². The van der Waals surface area contributed by atoms with Crippen LogP contribution in [0.25, 0.3) is 22.3 Å². The van der Waals surface area contributed by atoms with E-state index in [0.29, 0.717) is 22.0 Å². The first-order valence-electron chi connectivity index (χ1n) is 17.7. The number of aliphatic hydroxyl groups is 2. The minimum Gasteiger partial charge on any atom is -0.474 e. The quantitative estimate of drug-likeness (QED) is 0.0612. The highest BCUT2D eigenvalue weighted by Gasteiger charge is 2.29. The van der Waals surface area contributed by atoms with Crippen LogP contribution >= 0.6 is 23.2 Å². The van der Waals surface area contributed by atoms with E-state index in [1.54, 1.807) is 49.4 Å². The molecule has 306 valence electrons. The molecule has 0 spiro atoms. The number of esters is 2. The van der Waals surface area contributed by atoms with Crippen molar-refractivity contribution in [2.45, 2.75) is 69.5 Å². The van der Waals surface area contributed by atoms with Crippen molar-refractivity contribution in [3.63, 3.8) is 0 Å². The Bertz CT molecular complexity index is 1930. The maximum absolute atomic E-state index is 12.2. The van der Waals surface area contributed by atoms with Crippen molar-refractivity contribution < 1.29 is 57.1 Å². The van der Waals surface area contributed by atoms with Gasteiger partial charge < -0.3 is 35.8 Å². The number of carboxylic acids is 1. The fraction of sp³-hybridized carbons (Fsp3) is 0.317. The highest BCUT2D eigenvalue weighted by Crippen LogP contribution is 2.25. The van der Waals surface area contributed by atoms with Crippen LogP contribution in [-0.2, 0) is 41.5 Å². The number of ether oxygens (including phenoxy) is 2. The number of halogens is 5. The molecule has 57 heavy (non-hydrogen) atoms. The molecule has 4 aromatic rings. The Balaban J connectivity index is 0.000000321. The summed E-state index contributed by atoms with van der Waals surface area (Å²) in [5.41, 5.74) is 11.6. The highest BCUT2D eigenvalue weighted by atomic mass is 35.5. The SMILES string of the molecule is CCOC(=O)[C@H](O)C[C@H](N)Cc1ccc(-c2cccc(Cl)c2)cc1.O=C(O)C(=O)N[C@H](Cc1ccc(-c2cccc(Cl)c2)cc1)C[C@@H](O)C(=O)OCCC(F)(F)F. The van der Waals surface area contributed by atoms with Gasteiger partial charge in [0.15, 0.2) is 12.2 Å². The van der Waals surface area contributed by atoms with Gasteiger partial charge in [0.05, 0.1) is 13.0 Å². The van der Waals surface area contributed by atoms with Crippen molar-refractivity contribution in [3.05, 3.63) is 118 Å². The molecule has 1 amide bonds. The van der Waals surface area contributed by atoms with Gasteiger partial charge in [0.25, 0.3) is 0 Å². The number of rotatable bonds is 16. The van der Waals surface area contributed by atoms with E-state index in [0.717, 1.165) is 27.8 Å². The van der Waals surface area contributed by atoms with E-state index in [9.17, 15) is 42.6 Å². The first-order chi connectivity index (χ1) is 26.9. The molecular formula is C41H43Cl2F3N2O9. The van der Waals surface area contributed by atoms with Crippen LogP contribution in [0.15, 0.2) is 97.1 Å². The molecule has 0 saturated heterocycles. The van der Waals surface area contributed by atoms with Crippen LogP contribution in [0, 0.1) is 0 Å². The normalized spacial score (nSPS) is 13.2. The van der Waals surface area contributed by atoms with E-state index in [4.69, 9.17) is 38.8 Å². The Morgan fingerprint density at radius 2 is 1.19 bits per heavy atom. The maximum Gasteiger partial charge on any atom is 0.394 e. The lowest BCUT2D eigenvalue weighted by atomic mass is 9.98. The molecule has 4 atom stereocenters. The molecule has 11 nitrogen and oxygen atoms in total. The van der Waals surface area contributed by atoms with E-state index in [-0.39, 0.29) is 25.5 Å². The van der Waals surface area contributed by atoms with E-state index in [1.807, 2.05) is 54.6 Å². The number of carboxylic acid groups (broad SMARTS) is 1. The van der Waals surface area contributed by atoms with Crippen LogP contribution in [0.4, 0.5) is 13.2 Å². The Kier molecular flexibility index (Phi) is 18.5. The molecule has 0 bridgehead atoms. The summed E-state index contributed by atoms with van der Waals surface area (Å²) in [7, 11) is 0. The van der Waals surface area contributed by atoms with Crippen LogP contribution in [0.2, 0.25) is 10.0 Å². The molecule has 16 heteroatoms. The van der Waals surface area contributed by atoms with E-state index < -0.39 is 67.7 Å². The zero-order valence-corrected chi connectivity index (χ0v) is 32.3. The highest BCUT2D eigenvalue weighted by molar-refractivity contribution is 6.31. The van der Waals surface area contributed by atoms with Gasteiger partial charge in [-0.2, -0.15) is 13.2 Å². The molecule has 0 unspecified atom stereocenters. The number of carbonyl (C=O) groups is 4. The third kappa shape index (κ3) is 17.0. The number of amides is 1. The number of alkyl halides is 3. The molecule has 0 aromatic heterocycles. The molecule has 4 rings (SSSR count). The number of hydrogen-bond acceptors (Lipinski definition) is 9. The summed E-state index contributed by atoms with van der Waals surface area (Å²) in [6, 6.07) is 28.5. The van der Waals surface area contributed by atoms with E-state index in [1.165, 1.54) is 0 Å². The van der Waals surface area contributed by atoms with Gasteiger partial charge >= 0.3 is 30.0 Å². The predicted octanol–water partition coefficient (Wildman–Crippen LogP) is 6.56. The fourth-order valence-corrected chi connectivity index (χ4v) is 5.84. The van der Waals surface area contributed by atoms with Gasteiger partial charge in [-0.1, -0.05) is 96.0 Å². The van der Waals surface area contributed by atoms with Crippen LogP contribution in [0.3, 0.4) is 0 Å². The monoisotopic (exact) mass is 834 g/mol. The number of aliphatic hydroxyl groups excluding tert-OH is 2. The summed E-state index contributed by atoms with van der Waals surface area (Å²) in [6.07, 6.45) is -8.60. The topological polar surface area (TPSA) is 185 Å². The van der Waals surface area contributed by atoms with Gasteiger partial charge in [-0.3, -0.25) is 4.79 Å². The predicted molar refractivity (Wildman–Crippen MR) is 208 cm³/mol. The van der Waals surface area contributed by atoms with Crippen LogP contribution in [0.5, 0.6) is 0 Å². The molecule has 0 fully saturated rings. The van der Waals surface area contributed by atoms with Gasteiger partial charge in [0.1, 0.15) is 6.61 Å². The first-order valence-corrected chi connectivity index (χ1v) is 18.4. The zero-order valence-electron chi connectivity index (χ0n) is 30.8. The molecule has 4 aromatic carbocycles. The number of aliphatic carboxylic acids is 1. The molecular weight excluding hydrogens is 792 g/mol. The Morgan fingerprint density at radius 3 is 1.65 bits per heavy atom. The van der Waals surface area contributed by atoms with Gasteiger partial charge in [0, 0.05) is 28.5 Å². The van der Waals surface area contributed by atoms with Crippen molar-refractivity contribution in [1.82, 2.24) is 5.32 Å². The smallest absolute Gasteiger partial charge is 0.394 e. The summed E-state index contributed by atoms with van der Waals surface area (Å²) in [4.78, 5) is 45.7. The lowest BCUT2D eigenvalue weighted by Gasteiger charge is -2.21. The largest absolute Gasteiger partial charge is 0.474 e. The second-order valence-corrected chi connectivity index (χ2v) is 13.7. The molecule has 0 saturated carbocycles. The minimum atomic E-state index is -4.53. The molecule has 0 aliphatic heterocycles. The number of nitrogens with one attached hydrogen (secondary N) is 1.